The van der Waals surface area contributed by atoms with E-state index in [0.29, 0.717) is 31.2 Å². The molecule has 1 fully saturated rings. The maximum atomic E-state index is 12.6. The Bertz CT molecular complexity index is 770. The number of hydrogen-bond donors (Lipinski definition) is 1. The van der Waals surface area contributed by atoms with Crippen LogP contribution in [0.25, 0.3) is 11.0 Å². The van der Waals surface area contributed by atoms with E-state index in [4.69, 9.17) is 4.42 Å². The number of furan rings is 1. The molecule has 134 valence electrons. The summed E-state index contributed by atoms with van der Waals surface area (Å²) in [5.41, 5.74) is 1.61. The molecule has 2 amide bonds. The van der Waals surface area contributed by atoms with Crippen molar-refractivity contribution in [2.75, 3.05) is 13.1 Å². The van der Waals surface area contributed by atoms with Gasteiger partial charge in [-0.2, -0.15) is 0 Å². The molecule has 1 aromatic carbocycles. The smallest absolute Gasteiger partial charge is 0.287 e. The number of hydrogen-bond acceptors (Lipinski definition) is 3. The standard InChI is InChI=1S/C20H26N2O3/c1-13(2)12-18(23)22-10-8-15(9-11-22)21-20(24)19-14(3)16-6-4-5-7-17(16)25-19/h4-7,13,15H,8-12H2,1-3H3,(H,21,24). The molecule has 0 saturated carbocycles. The van der Waals surface area contributed by atoms with E-state index in [9.17, 15) is 9.59 Å². The van der Waals surface area contributed by atoms with E-state index >= 15 is 0 Å². The number of benzene rings is 1. The molecule has 1 aliphatic rings. The van der Waals surface area contributed by atoms with Gasteiger partial charge in [0, 0.05) is 36.5 Å². The third-order valence-corrected chi connectivity index (χ3v) is 4.82. The molecule has 0 bridgehead atoms. The lowest BCUT2D eigenvalue weighted by Gasteiger charge is -2.32. The molecule has 0 aliphatic carbocycles. The van der Waals surface area contributed by atoms with E-state index in [1.54, 1.807) is 0 Å². The Hall–Kier alpha value is -2.30. The zero-order valence-electron chi connectivity index (χ0n) is 15.2. The largest absolute Gasteiger partial charge is 0.451 e. The molecule has 3 rings (SSSR count). The number of aryl methyl sites for hydroxylation is 1. The Kier molecular flexibility index (Phi) is 5.11. The summed E-state index contributed by atoms with van der Waals surface area (Å²) < 4.78 is 5.73. The molecule has 0 radical (unpaired) electrons. The van der Waals surface area contributed by atoms with Crippen molar-refractivity contribution in [3.05, 3.63) is 35.6 Å². The van der Waals surface area contributed by atoms with Gasteiger partial charge in [-0.15, -0.1) is 0 Å². The first-order chi connectivity index (χ1) is 12.0. The van der Waals surface area contributed by atoms with Gasteiger partial charge < -0.3 is 14.6 Å². The number of amides is 2. The molecular weight excluding hydrogens is 316 g/mol. The van der Waals surface area contributed by atoms with Gasteiger partial charge in [-0.25, -0.2) is 0 Å². The zero-order valence-corrected chi connectivity index (χ0v) is 15.2. The normalized spacial score (nSPS) is 15.8. The maximum absolute atomic E-state index is 12.6. The second-order valence-corrected chi connectivity index (χ2v) is 7.28. The van der Waals surface area contributed by atoms with Crippen LogP contribution < -0.4 is 5.32 Å². The molecule has 1 aliphatic heterocycles. The molecule has 5 heteroatoms. The fraction of sp³-hybridized carbons (Fsp3) is 0.500. The number of carbonyl (C=O) groups is 2. The van der Waals surface area contributed by atoms with Gasteiger partial charge in [0.15, 0.2) is 5.76 Å². The van der Waals surface area contributed by atoms with Gasteiger partial charge in [0.25, 0.3) is 5.91 Å². The second-order valence-electron chi connectivity index (χ2n) is 7.28. The maximum Gasteiger partial charge on any atom is 0.287 e. The molecule has 1 aromatic heterocycles. The minimum Gasteiger partial charge on any atom is -0.451 e. The highest BCUT2D eigenvalue weighted by molar-refractivity contribution is 5.99. The van der Waals surface area contributed by atoms with Crippen LogP contribution in [0.1, 0.15) is 49.2 Å². The molecule has 5 nitrogen and oxygen atoms in total. The first-order valence-corrected chi connectivity index (χ1v) is 9.02. The van der Waals surface area contributed by atoms with Crippen molar-refractivity contribution >= 4 is 22.8 Å². The summed E-state index contributed by atoms with van der Waals surface area (Å²) in [4.78, 5) is 26.6. The minimum absolute atomic E-state index is 0.0863. The number of nitrogens with zero attached hydrogens (tertiary/aromatic N) is 1. The van der Waals surface area contributed by atoms with Crippen molar-refractivity contribution in [3.63, 3.8) is 0 Å². The topological polar surface area (TPSA) is 62.6 Å². The van der Waals surface area contributed by atoms with Crippen LogP contribution in [0.5, 0.6) is 0 Å². The summed E-state index contributed by atoms with van der Waals surface area (Å²) in [5.74, 6) is 0.814. The number of fused-ring (bicyclic) bond motifs is 1. The predicted octanol–water partition coefficient (Wildman–Crippen LogP) is 3.51. The van der Waals surface area contributed by atoms with Crippen LogP contribution >= 0.6 is 0 Å². The van der Waals surface area contributed by atoms with E-state index < -0.39 is 0 Å². The highest BCUT2D eigenvalue weighted by Crippen LogP contribution is 2.25. The Labute approximate surface area is 148 Å². The van der Waals surface area contributed by atoms with Gasteiger partial charge in [0.1, 0.15) is 5.58 Å². The highest BCUT2D eigenvalue weighted by atomic mass is 16.3. The summed E-state index contributed by atoms with van der Waals surface area (Å²) in [6.07, 6.45) is 2.17. The molecule has 25 heavy (non-hydrogen) atoms. The Balaban J connectivity index is 1.59. The van der Waals surface area contributed by atoms with Crippen molar-refractivity contribution in [3.8, 4) is 0 Å². The van der Waals surface area contributed by atoms with Crippen molar-refractivity contribution < 1.29 is 14.0 Å². The number of likely N-dealkylation sites (tertiary alicyclic amines) is 1. The lowest BCUT2D eigenvalue weighted by Crippen LogP contribution is -2.46. The second kappa shape index (κ2) is 7.30. The van der Waals surface area contributed by atoms with Crippen LogP contribution in [0.3, 0.4) is 0 Å². The predicted molar refractivity (Wildman–Crippen MR) is 97.5 cm³/mol. The van der Waals surface area contributed by atoms with Crippen LogP contribution in [0.2, 0.25) is 0 Å². The lowest BCUT2D eigenvalue weighted by molar-refractivity contribution is -0.133. The van der Waals surface area contributed by atoms with Crippen LogP contribution in [-0.4, -0.2) is 35.8 Å². The molecular formula is C20H26N2O3. The quantitative estimate of drug-likeness (QED) is 0.925. The molecule has 2 aromatic rings. The first kappa shape index (κ1) is 17.5. The Morgan fingerprint density at radius 2 is 1.92 bits per heavy atom. The summed E-state index contributed by atoms with van der Waals surface area (Å²) in [7, 11) is 0. The monoisotopic (exact) mass is 342 g/mol. The van der Waals surface area contributed by atoms with Gasteiger partial charge in [-0.3, -0.25) is 9.59 Å². The van der Waals surface area contributed by atoms with Gasteiger partial charge in [-0.1, -0.05) is 32.0 Å². The van der Waals surface area contributed by atoms with Gasteiger partial charge in [0.05, 0.1) is 0 Å². The van der Waals surface area contributed by atoms with Gasteiger partial charge in [0.2, 0.25) is 5.91 Å². The van der Waals surface area contributed by atoms with Crippen LogP contribution in [0.15, 0.2) is 28.7 Å². The number of rotatable bonds is 4. The molecule has 1 saturated heterocycles. The number of piperidine rings is 1. The average molecular weight is 342 g/mol. The summed E-state index contributed by atoms with van der Waals surface area (Å²) >= 11 is 0. The van der Waals surface area contributed by atoms with Crippen LogP contribution in [0.4, 0.5) is 0 Å². The first-order valence-electron chi connectivity index (χ1n) is 9.02. The van der Waals surface area contributed by atoms with E-state index in [0.717, 1.165) is 29.4 Å². The minimum atomic E-state index is -0.166. The summed E-state index contributed by atoms with van der Waals surface area (Å²) in [6, 6.07) is 7.76. The van der Waals surface area contributed by atoms with Crippen LogP contribution in [0, 0.1) is 12.8 Å². The Morgan fingerprint density at radius 1 is 1.24 bits per heavy atom. The highest BCUT2D eigenvalue weighted by Gasteiger charge is 2.26. The van der Waals surface area contributed by atoms with E-state index in [2.05, 4.69) is 19.2 Å². The van der Waals surface area contributed by atoms with Crippen molar-refractivity contribution in [2.24, 2.45) is 5.92 Å². The summed E-state index contributed by atoms with van der Waals surface area (Å²) in [6.45, 7) is 7.43. The zero-order chi connectivity index (χ0) is 18.0. The van der Waals surface area contributed by atoms with Gasteiger partial charge >= 0.3 is 0 Å². The lowest BCUT2D eigenvalue weighted by atomic mass is 10.0. The number of carbonyl (C=O) groups excluding carboxylic acids is 2. The SMILES string of the molecule is Cc1c(C(=O)NC2CCN(C(=O)CC(C)C)CC2)oc2ccccc12. The Morgan fingerprint density at radius 3 is 2.56 bits per heavy atom. The van der Waals surface area contributed by atoms with Gasteiger partial charge in [-0.05, 0) is 31.7 Å². The molecule has 2 heterocycles. The molecule has 0 spiro atoms. The van der Waals surface area contributed by atoms with Crippen molar-refractivity contribution in [2.45, 2.75) is 46.1 Å². The third-order valence-electron chi connectivity index (χ3n) is 4.82. The van der Waals surface area contributed by atoms with E-state index in [1.807, 2.05) is 36.1 Å². The fourth-order valence-corrected chi connectivity index (χ4v) is 3.39. The van der Waals surface area contributed by atoms with Crippen molar-refractivity contribution in [1.29, 1.82) is 0 Å². The molecule has 1 N–H and O–H groups in total. The average Bonchev–Trinajstić information content (AvgIpc) is 2.92. The number of para-hydroxylation sites is 1. The van der Waals surface area contributed by atoms with E-state index in [1.165, 1.54) is 0 Å². The van der Waals surface area contributed by atoms with E-state index in [-0.39, 0.29) is 17.9 Å². The fourth-order valence-electron chi connectivity index (χ4n) is 3.39. The summed E-state index contributed by atoms with van der Waals surface area (Å²) in [5, 5.41) is 4.04. The number of nitrogens with one attached hydrogen (secondary N) is 1. The van der Waals surface area contributed by atoms with Crippen molar-refractivity contribution in [1.82, 2.24) is 10.2 Å². The van der Waals surface area contributed by atoms with Crippen LogP contribution in [-0.2, 0) is 4.79 Å². The molecule has 0 unspecified atom stereocenters. The third kappa shape index (κ3) is 3.86. The molecule has 0 atom stereocenters.